The fourth-order valence-corrected chi connectivity index (χ4v) is 11.9. The highest BCUT2D eigenvalue weighted by atomic mass is 32.1. The average Bonchev–Trinajstić information content (AvgIpc) is 4.51. The zero-order chi connectivity index (χ0) is 57.8. The van der Waals surface area contributed by atoms with Gasteiger partial charge in [-0.1, -0.05) is 12.1 Å². The molecule has 24 nitrogen and oxygen atoms in total. The monoisotopic (exact) mass is 1170 g/mol. The quantitative estimate of drug-likeness (QED) is 0.106. The first-order chi connectivity index (χ1) is 40.2. The Morgan fingerprint density at radius 1 is 0.663 bits per heavy atom. The lowest BCUT2D eigenvalue weighted by Gasteiger charge is -2.37. The smallest absolute Gasteiger partial charge is 0.410 e. The van der Waals surface area contributed by atoms with Crippen molar-refractivity contribution in [3.8, 4) is 23.1 Å². The largest absolute Gasteiger partial charge is 0.489 e. The Balaban J connectivity index is 0.000000176. The SMILES string of the molecule is Cn1c(=O)n(-c2csc(C(=O)Nc3cnccc3N3CCN(C(=O)OC(C)(C)C)CC3)n2)c2cccc(OCC3CCCO3)c21.Cn1c(=O)n(-c2csc(C(=O)Nc3cnccc3N3CCNCC3)n2)c2cccc(OCC3CCCO3)c21. The predicted octanol–water partition coefficient (Wildman–Crippen LogP) is 6.45. The third kappa shape index (κ3) is 12.5. The van der Waals surface area contributed by atoms with E-state index in [4.69, 9.17) is 23.7 Å². The molecule has 2 atom stereocenters. The molecule has 0 spiro atoms. The number of aromatic nitrogens is 8. The molecule has 83 heavy (non-hydrogen) atoms. The number of nitrogens with zero attached hydrogens (tertiary/aromatic N) is 11. The van der Waals surface area contributed by atoms with Crippen molar-refractivity contribution in [2.75, 3.05) is 99.2 Å². The second-order valence-corrected chi connectivity index (χ2v) is 23.1. The van der Waals surface area contributed by atoms with E-state index in [1.54, 1.807) is 59.1 Å². The van der Waals surface area contributed by atoms with Gasteiger partial charge in [0.05, 0.1) is 58.4 Å². The fourth-order valence-electron chi connectivity index (χ4n) is 10.5. The minimum Gasteiger partial charge on any atom is -0.489 e. The van der Waals surface area contributed by atoms with Gasteiger partial charge < -0.3 is 54.3 Å². The van der Waals surface area contributed by atoms with Gasteiger partial charge in [0.1, 0.15) is 41.3 Å². The molecule has 3 amide bonds. The summed E-state index contributed by atoms with van der Waals surface area (Å²) in [5.41, 5.74) is 4.36. The highest BCUT2D eigenvalue weighted by molar-refractivity contribution is 7.12. The van der Waals surface area contributed by atoms with Crippen LogP contribution in [-0.4, -0.2) is 158 Å². The maximum Gasteiger partial charge on any atom is 0.410 e. The van der Waals surface area contributed by atoms with E-state index in [-0.39, 0.29) is 45.6 Å². The van der Waals surface area contributed by atoms with Gasteiger partial charge in [0, 0.05) is 103 Å². The number of piperazine rings is 2. The molecule has 436 valence electrons. The zero-order valence-electron chi connectivity index (χ0n) is 46.9. The van der Waals surface area contributed by atoms with E-state index < -0.39 is 11.5 Å². The van der Waals surface area contributed by atoms with Crippen LogP contribution in [0.1, 0.15) is 66.1 Å². The van der Waals surface area contributed by atoms with Gasteiger partial charge in [0.25, 0.3) is 11.8 Å². The Hall–Kier alpha value is -8.17. The number of para-hydroxylation sites is 2. The number of rotatable bonds is 14. The molecule has 3 N–H and O–H groups in total. The summed E-state index contributed by atoms with van der Waals surface area (Å²) in [6.07, 6.45) is 10.4. The van der Waals surface area contributed by atoms with Gasteiger partial charge >= 0.3 is 17.5 Å². The van der Waals surface area contributed by atoms with E-state index in [2.05, 4.69) is 45.7 Å². The van der Waals surface area contributed by atoms with Crippen LogP contribution >= 0.6 is 22.7 Å². The summed E-state index contributed by atoms with van der Waals surface area (Å²) in [6, 6.07) is 14.8. The minimum absolute atomic E-state index is 0.0427. The molecule has 2 unspecified atom stereocenters. The Kier molecular flexibility index (Phi) is 16.9. The molecule has 0 saturated carbocycles. The summed E-state index contributed by atoms with van der Waals surface area (Å²) < 4.78 is 35.1. The number of anilines is 4. The van der Waals surface area contributed by atoms with Crippen molar-refractivity contribution in [1.29, 1.82) is 0 Å². The van der Waals surface area contributed by atoms with Gasteiger partial charge in [-0.05, 0) is 82.9 Å². The summed E-state index contributed by atoms with van der Waals surface area (Å²) in [6.45, 7) is 13.4. The van der Waals surface area contributed by atoms with Crippen LogP contribution in [0.5, 0.6) is 11.5 Å². The van der Waals surface area contributed by atoms with Crippen LogP contribution in [0.3, 0.4) is 0 Å². The number of hydrogen-bond acceptors (Lipinski definition) is 19. The van der Waals surface area contributed by atoms with Gasteiger partial charge in [-0.25, -0.2) is 33.5 Å². The summed E-state index contributed by atoms with van der Waals surface area (Å²) in [7, 11) is 3.40. The van der Waals surface area contributed by atoms with E-state index >= 15 is 0 Å². The van der Waals surface area contributed by atoms with Crippen molar-refractivity contribution >= 4 is 85.4 Å². The molecule has 6 aromatic heterocycles. The number of imidazole rings is 2. The molecule has 4 aliphatic heterocycles. The number of fused-ring (bicyclic) bond motifs is 2. The lowest BCUT2D eigenvalue weighted by Crippen LogP contribution is -2.50. The molecular weight excluding hydrogens is 1100 g/mol. The number of ether oxygens (including phenoxy) is 5. The first-order valence-corrected chi connectivity index (χ1v) is 29.5. The predicted molar refractivity (Wildman–Crippen MR) is 317 cm³/mol. The number of nitrogens with one attached hydrogen (secondary N) is 3. The second-order valence-electron chi connectivity index (χ2n) is 21.4. The van der Waals surface area contributed by atoms with E-state index in [1.165, 1.54) is 25.0 Å². The van der Waals surface area contributed by atoms with E-state index in [9.17, 15) is 24.0 Å². The summed E-state index contributed by atoms with van der Waals surface area (Å²) in [5, 5.41) is 13.1. The van der Waals surface area contributed by atoms with Crippen LogP contribution in [0.25, 0.3) is 33.7 Å². The van der Waals surface area contributed by atoms with Crippen molar-refractivity contribution in [3.63, 3.8) is 0 Å². The molecule has 10 heterocycles. The van der Waals surface area contributed by atoms with Gasteiger partial charge in [0.2, 0.25) is 0 Å². The van der Waals surface area contributed by atoms with E-state index in [0.717, 1.165) is 87.8 Å². The normalized spacial score (nSPS) is 17.4. The van der Waals surface area contributed by atoms with Gasteiger partial charge in [-0.2, -0.15) is 0 Å². The van der Waals surface area contributed by atoms with Gasteiger partial charge in [-0.15, -0.1) is 22.7 Å². The number of hydrogen-bond donors (Lipinski definition) is 3. The lowest BCUT2D eigenvalue weighted by atomic mass is 10.2. The number of pyridine rings is 2. The molecule has 8 aromatic rings. The highest BCUT2D eigenvalue weighted by Crippen LogP contribution is 2.32. The minimum atomic E-state index is -0.560. The molecule has 4 aliphatic rings. The maximum atomic E-state index is 13.4. The summed E-state index contributed by atoms with van der Waals surface area (Å²) in [4.78, 5) is 89.2. The number of amides is 3. The van der Waals surface area contributed by atoms with Gasteiger partial charge in [-0.3, -0.25) is 28.7 Å². The van der Waals surface area contributed by atoms with Crippen LogP contribution in [-0.2, 0) is 28.3 Å². The average molecular weight is 1170 g/mol. The van der Waals surface area contributed by atoms with Crippen LogP contribution < -0.4 is 46.6 Å². The molecule has 0 bridgehead atoms. The van der Waals surface area contributed by atoms with E-state index in [0.29, 0.717) is 96.0 Å². The summed E-state index contributed by atoms with van der Waals surface area (Å²) in [5.74, 6) is 1.18. The Bertz CT molecular complexity index is 3760. The Morgan fingerprint density at radius 3 is 1.58 bits per heavy atom. The number of carbonyl (C=O) groups is 3. The Morgan fingerprint density at radius 2 is 1.13 bits per heavy atom. The second kappa shape index (κ2) is 24.7. The van der Waals surface area contributed by atoms with Crippen LogP contribution in [0, 0.1) is 0 Å². The fraction of sp³-hybridized carbons (Fsp3) is 0.421. The number of benzene rings is 2. The van der Waals surface area contributed by atoms with Crippen molar-refractivity contribution < 1.29 is 38.1 Å². The maximum absolute atomic E-state index is 13.4. The zero-order valence-corrected chi connectivity index (χ0v) is 48.5. The molecule has 0 aliphatic carbocycles. The van der Waals surface area contributed by atoms with E-state index in [1.807, 2.05) is 69.3 Å². The molecule has 0 radical (unpaired) electrons. The topological polar surface area (TPSA) is 249 Å². The standard InChI is InChI=1S/C31H37N7O6S.C26H29N7O4S/c1-31(2,3)44-30(41)37-14-12-36(13-15-37)22-10-11-32-17-21(22)33-27(39)28-34-25(19-45-28)38-23-8-5-9-24(26(23)35(4)29(38)40)43-18-20-7-6-16-42-20;1-31-23-20(5-2-6-21(23)37-15-17-4-3-13-36-17)33(26(31)35)22-16-38-25(30-22)24(34)29-18-14-28-8-7-19(18)32-11-9-27-10-12-32/h5,8-11,17,19-20H,6-7,12-16,18H2,1-4H3,(H,33,39);2,5-8,14,16-17,27H,3-4,9-13,15H2,1H3,(H,29,34). The van der Waals surface area contributed by atoms with Crippen molar-refractivity contribution in [1.82, 2.24) is 48.4 Å². The molecule has 4 saturated heterocycles. The van der Waals surface area contributed by atoms with Crippen LogP contribution in [0.4, 0.5) is 27.5 Å². The van der Waals surface area contributed by atoms with Crippen LogP contribution in [0.2, 0.25) is 0 Å². The van der Waals surface area contributed by atoms with Crippen molar-refractivity contribution in [2.45, 2.75) is 64.3 Å². The number of carbonyl (C=O) groups excluding carboxylic acids is 3. The third-order valence-corrected chi connectivity index (χ3v) is 16.3. The third-order valence-electron chi connectivity index (χ3n) is 14.6. The first kappa shape index (κ1) is 56.7. The highest BCUT2D eigenvalue weighted by Gasteiger charge is 2.29. The summed E-state index contributed by atoms with van der Waals surface area (Å²) >= 11 is 2.33. The number of thiazole rings is 2. The van der Waals surface area contributed by atoms with Crippen LogP contribution in [0.15, 0.2) is 93.7 Å². The molecule has 12 rings (SSSR count). The number of aryl methyl sites for hydroxylation is 2. The molecular formula is C57H66N14O10S2. The van der Waals surface area contributed by atoms with Crippen molar-refractivity contribution in [2.24, 2.45) is 14.1 Å². The lowest BCUT2D eigenvalue weighted by molar-refractivity contribution is 0.0240. The molecule has 4 fully saturated rings. The first-order valence-electron chi connectivity index (χ1n) is 27.7. The van der Waals surface area contributed by atoms with Crippen molar-refractivity contribution in [3.05, 3.63) is 115 Å². The molecule has 26 heteroatoms. The Labute approximate surface area is 485 Å². The molecule has 2 aromatic carbocycles. The van der Waals surface area contributed by atoms with Gasteiger partial charge in [0.15, 0.2) is 21.7 Å².